The number of rotatable bonds is 7. The van der Waals surface area contributed by atoms with Gasteiger partial charge in [0.25, 0.3) is 0 Å². The van der Waals surface area contributed by atoms with Crippen molar-refractivity contribution in [2.75, 3.05) is 5.75 Å². The highest BCUT2D eigenvalue weighted by molar-refractivity contribution is 8.01. The van der Waals surface area contributed by atoms with Crippen molar-refractivity contribution in [3.05, 3.63) is 71.5 Å². The first-order valence-corrected chi connectivity index (χ1v) is 17.5. The molecule has 0 amide bonds. The third-order valence-corrected chi connectivity index (χ3v) is 13.4. The summed E-state index contributed by atoms with van der Waals surface area (Å²) < 4.78 is 23.6. The summed E-state index contributed by atoms with van der Waals surface area (Å²) in [7, 11) is 0. The first kappa shape index (κ1) is 29.0. The Bertz CT molecular complexity index is 1560. The average Bonchev–Trinajstić information content (AvgIpc) is 3.61. The van der Waals surface area contributed by atoms with Crippen molar-refractivity contribution in [1.29, 1.82) is 0 Å². The number of fused-ring (bicyclic) bond motifs is 6. The van der Waals surface area contributed by atoms with Crippen LogP contribution < -0.4 is 0 Å². The van der Waals surface area contributed by atoms with Gasteiger partial charge in [-0.3, -0.25) is 9.59 Å². The monoisotopic (exact) mass is 619 g/mol. The Morgan fingerprint density at radius 3 is 2.72 bits per heavy atom. The second kappa shape index (κ2) is 11.3. The van der Waals surface area contributed by atoms with E-state index in [4.69, 9.17) is 9.72 Å². The summed E-state index contributed by atoms with van der Waals surface area (Å²) in [6.45, 7) is 2.36. The Morgan fingerprint density at radius 1 is 1.12 bits per heavy atom. The lowest BCUT2D eigenvalue weighted by Crippen LogP contribution is -2.53. The zero-order valence-corrected chi connectivity index (χ0v) is 26.2. The molecule has 1 heterocycles. The summed E-state index contributed by atoms with van der Waals surface area (Å²) in [5, 5.41) is 10.3. The normalized spacial score (nSPS) is 34.0. The summed E-state index contributed by atoms with van der Waals surface area (Å²) in [5.74, 6) is 1.34. The van der Waals surface area contributed by atoms with Crippen LogP contribution in [0.25, 0.3) is 10.2 Å². The molecule has 5 nitrogen and oxygen atoms in total. The van der Waals surface area contributed by atoms with Crippen LogP contribution in [0.5, 0.6) is 0 Å². The number of ether oxygens (including phenoxy) is 1. The number of para-hydroxylation sites is 1. The number of ketones is 2. The van der Waals surface area contributed by atoms with Crippen molar-refractivity contribution < 1.29 is 23.8 Å². The van der Waals surface area contributed by atoms with E-state index < -0.39 is 11.4 Å². The molecule has 3 saturated carbocycles. The number of halogens is 1. The molecule has 8 heteroatoms. The van der Waals surface area contributed by atoms with Crippen LogP contribution in [-0.4, -0.2) is 33.0 Å². The highest BCUT2D eigenvalue weighted by Crippen LogP contribution is 2.64. The van der Waals surface area contributed by atoms with Gasteiger partial charge in [0, 0.05) is 12.3 Å². The first-order valence-electron chi connectivity index (χ1n) is 15.7. The van der Waals surface area contributed by atoms with Gasteiger partial charge in [-0.05, 0) is 105 Å². The molecule has 1 aromatic heterocycles. The fourth-order valence-electron chi connectivity index (χ4n) is 9.13. The topological polar surface area (TPSA) is 76.5 Å². The van der Waals surface area contributed by atoms with E-state index in [1.165, 1.54) is 23.4 Å². The summed E-state index contributed by atoms with van der Waals surface area (Å²) in [6.07, 6.45) is 14.0. The molecule has 6 atom stereocenters. The predicted octanol–water partition coefficient (Wildman–Crippen LogP) is 8.83. The number of thioether (sulfide) groups is 1. The van der Waals surface area contributed by atoms with E-state index in [0.29, 0.717) is 43.4 Å². The number of nitrogens with zero attached hydrogens (tertiary/aromatic N) is 1. The van der Waals surface area contributed by atoms with E-state index in [1.54, 1.807) is 17.4 Å². The summed E-state index contributed by atoms with van der Waals surface area (Å²) in [4.78, 5) is 31.4. The number of carbonyl (C=O) groups is 2. The number of thiazole rings is 1. The number of carbonyl (C=O) groups excluding carboxylic acids is 2. The van der Waals surface area contributed by atoms with Gasteiger partial charge in [0.05, 0.1) is 21.5 Å². The third-order valence-electron chi connectivity index (χ3n) is 11.2. The second-order valence-electron chi connectivity index (χ2n) is 13.1. The number of allylic oxidation sites excluding steroid dienone is 4. The number of Topliss-reactive ketones (excluding diaryl/α,β-unsaturated/α-hetero) is 1. The molecule has 0 saturated heterocycles. The molecule has 0 spiro atoms. The van der Waals surface area contributed by atoms with Gasteiger partial charge in [-0.25, -0.2) is 9.37 Å². The maximum absolute atomic E-state index is 15.0. The Labute approximate surface area is 260 Å². The van der Waals surface area contributed by atoms with Crippen molar-refractivity contribution in [3.63, 3.8) is 0 Å². The SMILES string of the molecule is CC12CCC(=O)C=C1CCC1C3CC[C@](O/C(=C\O)C4=CCCC=C4F)(C(=O)CSc4nc5ccccc5s4)C3CCC12. The number of aromatic nitrogens is 1. The van der Waals surface area contributed by atoms with Gasteiger partial charge < -0.3 is 9.84 Å². The van der Waals surface area contributed by atoms with Crippen LogP contribution in [0.2, 0.25) is 0 Å². The maximum Gasteiger partial charge on any atom is 0.186 e. The Morgan fingerprint density at radius 2 is 1.91 bits per heavy atom. The molecule has 5 aliphatic carbocycles. The lowest BCUT2D eigenvalue weighted by Gasteiger charge is -2.56. The maximum atomic E-state index is 15.0. The number of hydrogen-bond acceptors (Lipinski definition) is 7. The first-order chi connectivity index (χ1) is 20.8. The fraction of sp³-hybridized carbons (Fsp3) is 0.514. The smallest absolute Gasteiger partial charge is 0.186 e. The molecular weight excluding hydrogens is 582 g/mol. The van der Waals surface area contributed by atoms with Crippen LogP contribution in [0.3, 0.4) is 0 Å². The number of aliphatic hydroxyl groups is 1. The van der Waals surface area contributed by atoms with Crippen LogP contribution in [0.4, 0.5) is 4.39 Å². The molecule has 3 fully saturated rings. The van der Waals surface area contributed by atoms with Gasteiger partial charge in [0.1, 0.15) is 12.1 Å². The third kappa shape index (κ3) is 4.93. The van der Waals surface area contributed by atoms with Gasteiger partial charge in [-0.15, -0.1) is 11.3 Å². The van der Waals surface area contributed by atoms with Gasteiger partial charge in [-0.1, -0.05) is 42.5 Å². The van der Waals surface area contributed by atoms with Crippen molar-refractivity contribution >= 4 is 44.9 Å². The highest BCUT2D eigenvalue weighted by Gasteiger charge is 2.62. The largest absolute Gasteiger partial charge is 0.512 e. The van der Waals surface area contributed by atoms with Crippen molar-refractivity contribution in [3.8, 4) is 0 Å². The van der Waals surface area contributed by atoms with Crippen molar-refractivity contribution in [2.24, 2.45) is 29.1 Å². The fourth-order valence-corrected chi connectivity index (χ4v) is 11.2. The zero-order valence-electron chi connectivity index (χ0n) is 24.5. The molecule has 1 N–H and O–H groups in total. The predicted molar refractivity (Wildman–Crippen MR) is 168 cm³/mol. The van der Waals surface area contributed by atoms with Gasteiger partial charge in [0.2, 0.25) is 0 Å². The average molecular weight is 620 g/mol. The minimum absolute atomic E-state index is 0.00581. The van der Waals surface area contributed by atoms with Crippen LogP contribution in [0.1, 0.15) is 71.1 Å². The second-order valence-corrected chi connectivity index (χ2v) is 15.4. The Hall–Kier alpha value is -2.71. The van der Waals surface area contributed by atoms with E-state index in [0.717, 1.165) is 59.3 Å². The van der Waals surface area contributed by atoms with Crippen molar-refractivity contribution in [1.82, 2.24) is 4.98 Å². The number of benzene rings is 1. The van der Waals surface area contributed by atoms with Gasteiger partial charge in [-0.2, -0.15) is 0 Å². The van der Waals surface area contributed by atoms with E-state index in [9.17, 15) is 19.1 Å². The molecular formula is C35H38FNO4S2. The minimum Gasteiger partial charge on any atom is -0.512 e. The molecule has 5 aliphatic rings. The van der Waals surface area contributed by atoms with E-state index in [-0.39, 0.29) is 40.0 Å². The number of aliphatic hydroxyl groups excluding tert-OH is 1. The van der Waals surface area contributed by atoms with Crippen LogP contribution >= 0.6 is 23.1 Å². The summed E-state index contributed by atoms with van der Waals surface area (Å²) >= 11 is 3.03. The molecule has 5 unspecified atom stereocenters. The highest BCUT2D eigenvalue weighted by atomic mass is 32.2. The van der Waals surface area contributed by atoms with Crippen molar-refractivity contribution in [2.45, 2.75) is 81.1 Å². The standard InChI is InChI=1S/C35H38FNO4S2/c1-34-16-14-22(39)18-21(34)10-11-23-24-15-17-35(27(24)13-12-26(23)34,41-30(19-38)25-6-2-3-7-28(25)36)32(40)20-42-33-37-29-8-4-5-9-31(29)43-33/h4-9,18-19,23-24,26-27,38H,2-3,10-17,20H2,1H3/b30-19-/t23?,24?,26?,27?,34?,35-/m1/s1. The molecule has 1 aromatic carbocycles. The lowest BCUT2D eigenvalue weighted by molar-refractivity contribution is -0.146. The van der Waals surface area contributed by atoms with E-state index in [1.807, 2.05) is 30.3 Å². The van der Waals surface area contributed by atoms with Gasteiger partial charge >= 0.3 is 0 Å². The molecule has 226 valence electrons. The van der Waals surface area contributed by atoms with Crippen LogP contribution in [0.15, 0.2) is 75.8 Å². The van der Waals surface area contributed by atoms with Gasteiger partial charge in [0.15, 0.2) is 27.3 Å². The van der Waals surface area contributed by atoms with Crippen LogP contribution in [-0.2, 0) is 14.3 Å². The quantitative estimate of drug-likeness (QED) is 0.247. The molecule has 0 bridgehead atoms. The molecule has 0 radical (unpaired) electrons. The molecule has 7 rings (SSSR count). The Balaban J connectivity index is 1.19. The Kier molecular flexibility index (Phi) is 7.65. The summed E-state index contributed by atoms with van der Waals surface area (Å²) in [6, 6.07) is 7.97. The molecule has 0 aliphatic heterocycles. The van der Waals surface area contributed by atoms with E-state index in [2.05, 4.69) is 6.92 Å². The molecule has 43 heavy (non-hydrogen) atoms. The lowest BCUT2D eigenvalue weighted by atomic mass is 9.49. The zero-order chi connectivity index (χ0) is 29.8. The summed E-state index contributed by atoms with van der Waals surface area (Å²) in [5.41, 5.74) is 1.39. The van der Waals surface area contributed by atoms with Crippen LogP contribution in [0, 0.1) is 29.1 Å². The minimum atomic E-state index is -1.13. The van der Waals surface area contributed by atoms with E-state index >= 15 is 0 Å². The molecule has 2 aromatic rings. The number of hydrogen-bond donors (Lipinski definition) is 1.